The second-order valence-electron chi connectivity index (χ2n) is 3.83. The molecule has 88 valence electrons. The molecule has 0 aliphatic carbocycles. The van der Waals surface area contributed by atoms with Gasteiger partial charge in [0, 0.05) is 22.9 Å². The Morgan fingerprint density at radius 1 is 1.35 bits per heavy atom. The molecule has 4 heteroatoms. The molecule has 0 aliphatic heterocycles. The first kappa shape index (κ1) is 12.6. The summed E-state index contributed by atoms with van der Waals surface area (Å²) in [6, 6.07) is 9.85. The largest absolute Gasteiger partial charge is 0.324 e. The first-order chi connectivity index (χ1) is 8.16. The lowest BCUT2D eigenvalue weighted by atomic mass is 10.0. The van der Waals surface area contributed by atoms with Crippen LogP contribution in [0.15, 0.2) is 47.2 Å². The predicted molar refractivity (Wildman–Crippen MR) is 74.0 cm³/mol. The van der Waals surface area contributed by atoms with Crippen LogP contribution in [0, 0.1) is 0 Å². The van der Waals surface area contributed by atoms with Gasteiger partial charge in [-0.3, -0.25) is 4.98 Å². The van der Waals surface area contributed by atoms with Gasteiger partial charge in [0.2, 0.25) is 0 Å². The van der Waals surface area contributed by atoms with E-state index < -0.39 is 0 Å². The van der Waals surface area contributed by atoms with E-state index in [0.717, 1.165) is 15.6 Å². The highest BCUT2D eigenvalue weighted by molar-refractivity contribution is 9.10. The van der Waals surface area contributed by atoms with Crippen LogP contribution >= 0.6 is 27.5 Å². The number of halogens is 2. The number of benzene rings is 1. The van der Waals surface area contributed by atoms with Gasteiger partial charge in [-0.15, -0.1) is 0 Å². The summed E-state index contributed by atoms with van der Waals surface area (Å²) in [4.78, 5) is 3.96. The van der Waals surface area contributed by atoms with Gasteiger partial charge in [-0.25, -0.2) is 0 Å². The Bertz CT molecular complexity index is 516. The standard InChI is InChI=1S/C13H12BrClN2/c14-11-3-1-2-10(6-11)13(16)7-9-4-5-17-8-12(9)15/h1-6,8,13H,7,16H2. The van der Waals surface area contributed by atoms with E-state index in [9.17, 15) is 0 Å². The summed E-state index contributed by atoms with van der Waals surface area (Å²) in [5, 5.41) is 0.665. The van der Waals surface area contributed by atoms with Crippen molar-refractivity contribution in [1.82, 2.24) is 4.98 Å². The molecular weight excluding hydrogens is 300 g/mol. The first-order valence-electron chi connectivity index (χ1n) is 5.26. The number of nitrogens with zero attached hydrogens (tertiary/aromatic N) is 1. The van der Waals surface area contributed by atoms with Gasteiger partial charge in [0.05, 0.1) is 5.02 Å². The average molecular weight is 312 g/mol. The zero-order chi connectivity index (χ0) is 12.3. The summed E-state index contributed by atoms with van der Waals surface area (Å²) < 4.78 is 1.03. The minimum atomic E-state index is -0.0626. The van der Waals surface area contributed by atoms with E-state index in [1.54, 1.807) is 12.4 Å². The maximum Gasteiger partial charge on any atom is 0.0622 e. The minimum absolute atomic E-state index is 0.0626. The Morgan fingerprint density at radius 3 is 2.88 bits per heavy atom. The molecule has 0 bridgehead atoms. The zero-order valence-electron chi connectivity index (χ0n) is 9.11. The maximum absolute atomic E-state index is 6.16. The number of aromatic nitrogens is 1. The third-order valence-corrected chi connectivity index (χ3v) is 3.41. The van der Waals surface area contributed by atoms with Crippen molar-refractivity contribution < 1.29 is 0 Å². The molecule has 1 atom stereocenters. The molecule has 1 unspecified atom stereocenters. The fraction of sp³-hybridized carbons (Fsp3) is 0.154. The average Bonchev–Trinajstić information content (AvgIpc) is 2.32. The van der Waals surface area contributed by atoms with Crippen molar-refractivity contribution in [3.8, 4) is 0 Å². The monoisotopic (exact) mass is 310 g/mol. The normalized spacial score (nSPS) is 12.4. The van der Waals surface area contributed by atoms with Gasteiger partial charge in [-0.05, 0) is 35.7 Å². The summed E-state index contributed by atoms with van der Waals surface area (Å²) in [6.07, 6.45) is 4.08. The Morgan fingerprint density at radius 2 is 2.18 bits per heavy atom. The van der Waals surface area contributed by atoms with Gasteiger partial charge in [-0.1, -0.05) is 39.7 Å². The van der Waals surface area contributed by atoms with Crippen LogP contribution in [0.3, 0.4) is 0 Å². The van der Waals surface area contributed by atoms with Crippen LogP contribution in [0.25, 0.3) is 0 Å². The molecular formula is C13H12BrClN2. The van der Waals surface area contributed by atoms with Crippen LogP contribution < -0.4 is 5.73 Å². The fourth-order valence-electron chi connectivity index (χ4n) is 1.66. The molecule has 0 aliphatic rings. The Hall–Kier alpha value is -0.900. The van der Waals surface area contributed by atoms with Gasteiger partial charge in [-0.2, -0.15) is 0 Å². The molecule has 0 spiro atoms. The molecule has 2 aromatic rings. The van der Waals surface area contributed by atoms with Gasteiger partial charge >= 0.3 is 0 Å². The molecule has 2 rings (SSSR count). The second-order valence-corrected chi connectivity index (χ2v) is 5.16. The summed E-state index contributed by atoms with van der Waals surface area (Å²) in [5.41, 5.74) is 8.28. The van der Waals surface area contributed by atoms with E-state index in [0.29, 0.717) is 11.4 Å². The van der Waals surface area contributed by atoms with Gasteiger partial charge in [0.1, 0.15) is 0 Å². The number of rotatable bonds is 3. The van der Waals surface area contributed by atoms with Crippen molar-refractivity contribution in [1.29, 1.82) is 0 Å². The van der Waals surface area contributed by atoms with E-state index >= 15 is 0 Å². The van der Waals surface area contributed by atoms with E-state index in [-0.39, 0.29) is 6.04 Å². The Balaban J connectivity index is 2.17. The van der Waals surface area contributed by atoms with Gasteiger partial charge in [0.25, 0.3) is 0 Å². The van der Waals surface area contributed by atoms with Crippen LogP contribution in [-0.2, 0) is 6.42 Å². The molecule has 0 fully saturated rings. The molecule has 0 saturated carbocycles. The van der Waals surface area contributed by atoms with Crippen molar-refractivity contribution in [2.45, 2.75) is 12.5 Å². The summed E-state index contributed by atoms with van der Waals surface area (Å²) in [6.45, 7) is 0. The topological polar surface area (TPSA) is 38.9 Å². The third kappa shape index (κ3) is 3.28. The maximum atomic E-state index is 6.16. The van der Waals surface area contributed by atoms with Crippen molar-refractivity contribution in [2.24, 2.45) is 5.73 Å². The van der Waals surface area contributed by atoms with Gasteiger partial charge in [0.15, 0.2) is 0 Å². The quantitative estimate of drug-likeness (QED) is 0.938. The van der Waals surface area contributed by atoms with Crippen LogP contribution in [0.5, 0.6) is 0 Å². The molecule has 1 aromatic heterocycles. The lowest BCUT2D eigenvalue weighted by Crippen LogP contribution is -2.13. The van der Waals surface area contributed by atoms with E-state index in [1.165, 1.54) is 0 Å². The third-order valence-electron chi connectivity index (χ3n) is 2.57. The predicted octanol–water partition coefficient (Wildman–Crippen LogP) is 3.74. The molecule has 2 N–H and O–H groups in total. The Labute approximate surface area is 114 Å². The van der Waals surface area contributed by atoms with Crippen molar-refractivity contribution >= 4 is 27.5 Å². The number of hydrogen-bond donors (Lipinski definition) is 1. The minimum Gasteiger partial charge on any atom is -0.324 e. The molecule has 1 heterocycles. The smallest absolute Gasteiger partial charge is 0.0622 e. The first-order valence-corrected chi connectivity index (χ1v) is 6.43. The molecule has 0 saturated heterocycles. The van der Waals surface area contributed by atoms with E-state index in [1.807, 2.05) is 30.3 Å². The number of hydrogen-bond acceptors (Lipinski definition) is 2. The number of nitrogens with two attached hydrogens (primary N) is 1. The van der Waals surface area contributed by atoms with E-state index in [4.69, 9.17) is 17.3 Å². The van der Waals surface area contributed by atoms with Crippen molar-refractivity contribution in [2.75, 3.05) is 0 Å². The summed E-state index contributed by atoms with van der Waals surface area (Å²) >= 11 is 9.50. The van der Waals surface area contributed by atoms with Crippen molar-refractivity contribution in [3.63, 3.8) is 0 Å². The Kier molecular flexibility index (Phi) is 4.15. The van der Waals surface area contributed by atoms with E-state index in [2.05, 4.69) is 20.9 Å². The van der Waals surface area contributed by atoms with Crippen LogP contribution in [0.2, 0.25) is 5.02 Å². The zero-order valence-corrected chi connectivity index (χ0v) is 11.4. The summed E-state index contributed by atoms with van der Waals surface area (Å²) in [7, 11) is 0. The van der Waals surface area contributed by atoms with Crippen LogP contribution in [0.1, 0.15) is 17.2 Å². The molecule has 17 heavy (non-hydrogen) atoms. The lowest BCUT2D eigenvalue weighted by molar-refractivity contribution is 0.721. The molecule has 0 radical (unpaired) electrons. The molecule has 1 aromatic carbocycles. The lowest BCUT2D eigenvalue weighted by Gasteiger charge is -2.13. The highest BCUT2D eigenvalue weighted by Gasteiger charge is 2.09. The highest BCUT2D eigenvalue weighted by atomic mass is 79.9. The van der Waals surface area contributed by atoms with Crippen LogP contribution in [0.4, 0.5) is 0 Å². The SMILES string of the molecule is NC(Cc1ccncc1Cl)c1cccc(Br)c1. The number of pyridine rings is 1. The molecule has 2 nitrogen and oxygen atoms in total. The highest BCUT2D eigenvalue weighted by Crippen LogP contribution is 2.23. The van der Waals surface area contributed by atoms with Gasteiger partial charge < -0.3 is 5.73 Å². The van der Waals surface area contributed by atoms with Crippen molar-refractivity contribution in [3.05, 3.63) is 63.3 Å². The van der Waals surface area contributed by atoms with Crippen LogP contribution in [-0.4, -0.2) is 4.98 Å². The molecule has 0 amide bonds. The second kappa shape index (κ2) is 5.63. The fourth-order valence-corrected chi connectivity index (χ4v) is 2.27. The summed E-state index contributed by atoms with van der Waals surface area (Å²) in [5.74, 6) is 0.